The highest BCUT2D eigenvalue weighted by Gasteiger charge is 2.23. The molecule has 1 N–H and O–H groups in total. The van der Waals surface area contributed by atoms with Crippen molar-refractivity contribution >= 4 is 5.69 Å². The summed E-state index contributed by atoms with van der Waals surface area (Å²) < 4.78 is 0. The lowest BCUT2D eigenvalue weighted by Crippen LogP contribution is -2.36. The maximum absolute atomic E-state index is 11.8. The molecular weight excluding hydrogens is 262 g/mol. The van der Waals surface area contributed by atoms with Gasteiger partial charge in [-0.2, -0.15) is 0 Å². The topological polar surface area (TPSA) is 46.2 Å². The zero-order valence-corrected chi connectivity index (χ0v) is 11.7. The molecule has 0 fully saturated rings. The zero-order valence-electron chi connectivity index (χ0n) is 11.7. The van der Waals surface area contributed by atoms with E-state index in [1.807, 2.05) is 67.6 Å². The van der Waals surface area contributed by atoms with E-state index in [4.69, 9.17) is 0 Å². The molecule has 0 radical (unpaired) electrons. The molecule has 0 amide bonds. The Labute approximate surface area is 122 Å². The molecule has 0 heterocycles. The van der Waals surface area contributed by atoms with Crippen LogP contribution in [0.25, 0.3) is 11.1 Å². The average molecular weight is 277 g/mol. The van der Waals surface area contributed by atoms with Gasteiger partial charge in [0.05, 0.1) is 11.3 Å². The van der Waals surface area contributed by atoms with Crippen LogP contribution in [0.4, 0.5) is 5.69 Å². The van der Waals surface area contributed by atoms with E-state index < -0.39 is 10.9 Å². The lowest BCUT2D eigenvalue weighted by atomic mass is 9.97. The van der Waals surface area contributed by atoms with Gasteiger partial charge in [-0.1, -0.05) is 60.7 Å². The molecule has 0 bridgehead atoms. The normalized spacial score (nSPS) is 12.2. The van der Waals surface area contributed by atoms with Crippen molar-refractivity contribution < 1.29 is 0 Å². The number of hydrogen-bond acceptors (Lipinski definition) is 3. The van der Waals surface area contributed by atoms with Crippen molar-refractivity contribution in [3.63, 3.8) is 0 Å². The number of benzene rings is 2. The molecule has 0 aliphatic carbocycles. The Morgan fingerprint density at radius 1 is 0.810 bits per heavy atom. The second-order valence-corrected chi connectivity index (χ2v) is 5.05. The Balaban J connectivity index is 1.93. The number of rotatable bonds is 4. The third kappa shape index (κ3) is 2.38. The van der Waals surface area contributed by atoms with Crippen LogP contribution >= 0.6 is 0 Å². The monoisotopic (exact) mass is 277 g/mol. The highest BCUT2D eigenvalue weighted by Crippen LogP contribution is 2.26. The molecule has 0 unspecified atom stereocenters. The molecule has 0 aromatic heterocycles. The first kappa shape index (κ1) is 13.3. The first-order valence-electron chi connectivity index (χ1n) is 6.88. The molecule has 1 atom stereocenters. The van der Waals surface area contributed by atoms with Crippen molar-refractivity contribution in [3.05, 3.63) is 86.7 Å². The smallest absolute Gasteiger partial charge is 0.250 e. The van der Waals surface area contributed by atoms with Gasteiger partial charge in [0.1, 0.15) is 0 Å². The first-order valence-corrected chi connectivity index (χ1v) is 6.88. The van der Waals surface area contributed by atoms with E-state index in [1.54, 1.807) is 0 Å². The van der Waals surface area contributed by atoms with Crippen molar-refractivity contribution in [1.82, 2.24) is 0 Å². The second kappa shape index (κ2) is 5.37. The van der Waals surface area contributed by atoms with E-state index in [1.165, 1.54) is 0 Å². The molecule has 21 heavy (non-hydrogen) atoms. The summed E-state index contributed by atoms with van der Waals surface area (Å²) in [6.07, 6.45) is 0. The van der Waals surface area contributed by atoms with Crippen molar-refractivity contribution in [2.75, 3.05) is 5.32 Å². The van der Waals surface area contributed by atoms with Crippen molar-refractivity contribution in [1.29, 1.82) is 0 Å². The quantitative estimate of drug-likeness (QED) is 0.745. The van der Waals surface area contributed by atoms with Gasteiger partial charge in [0.2, 0.25) is 10.9 Å². The Bertz CT molecular complexity index is 815. The van der Waals surface area contributed by atoms with Gasteiger partial charge in [-0.15, -0.1) is 0 Å². The SMILES string of the molecule is C[C@@H](Nc1c(-c2ccccc2)c(=O)c1=O)c1ccccc1. The Morgan fingerprint density at radius 3 is 2.00 bits per heavy atom. The molecule has 0 saturated carbocycles. The summed E-state index contributed by atoms with van der Waals surface area (Å²) in [6.45, 7) is 1.97. The van der Waals surface area contributed by atoms with Gasteiger partial charge in [0.15, 0.2) is 0 Å². The Morgan fingerprint density at radius 2 is 1.38 bits per heavy atom. The third-order valence-electron chi connectivity index (χ3n) is 3.63. The van der Waals surface area contributed by atoms with Crippen LogP contribution in [0, 0.1) is 0 Å². The van der Waals surface area contributed by atoms with Crippen molar-refractivity contribution in [2.45, 2.75) is 13.0 Å². The lowest BCUT2D eigenvalue weighted by Gasteiger charge is -2.19. The highest BCUT2D eigenvalue weighted by molar-refractivity contribution is 5.82. The van der Waals surface area contributed by atoms with Gasteiger partial charge >= 0.3 is 0 Å². The summed E-state index contributed by atoms with van der Waals surface area (Å²) in [7, 11) is 0. The highest BCUT2D eigenvalue weighted by atomic mass is 16.2. The number of anilines is 1. The van der Waals surface area contributed by atoms with E-state index in [0.29, 0.717) is 11.3 Å². The van der Waals surface area contributed by atoms with E-state index in [0.717, 1.165) is 11.1 Å². The third-order valence-corrected chi connectivity index (χ3v) is 3.63. The molecule has 3 nitrogen and oxygen atoms in total. The summed E-state index contributed by atoms with van der Waals surface area (Å²) in [5.41, 5.74) is 1.92. The summed E-state index contributed by atoms with van der Waals surface area (Å²) in [6, 6.07) is 19.1. The van der Waals surface area contributed by atoms with Crippen molar-refractivity contribution in [2.24, 2.45) is 0 Å². The van der Waals surface area contributed by atoms with E-state index in [9.17, 15) is 9.59 Å². The molecule has 3 aromatic carbocycles. The molecule has 3 rings (SSSR count). The van der Waals surface area contributed by atoms with Crippen LogP contribution in [-0.4, -0.2) is 0 Å². The van der Waals surface area contributed by atoms with Gasteiger partial charge in [0.25, 0.3) is 0 Å². The fraction of sp³-hybridized carbons (Fsp3) is 0.111. The predicted molar refractivity (Wildman–Crippen MR) is 85.3 cm³/mol. The van der Waals surface area contributed by atoms with Gasteiger partial charge in [0, 0.05) is 6.04 Å². The molecule has 0 saturated heterocycles. The van der Waals surface area contributed by atoms with Crippen LogP contribution in [0.3, 0.4) is 0 Å². The first-order chi connectivity index (χ1) is 10.2. The summed E-state index contributed by atoms with van der Waals surface area (Å²) >= 11 is 0. The molecule has 0 aliphatic heterocycles. The van der Waals surface area contributed by atoms with Crippen LogP contribution in [0.2, 0.25) is 0 Å². The number of nitrogens with one attached hydrogen (secondary N) is 1. The fourth-order valence-electron chi connectivity index (χ4n) is 2.45. The van der Waals surface area contributed by atoms with Gasteiger partial charge in [-0.3, -0.25) is 9.59 Å². The summed E-state index contributed by atoms with van der Waals surface area (Å²) in [5, 5.41) is 3.17. The Kier molecular flexibility index (Phi) is 3.40. The maximum Gasteiger partial charge on any atom is 0.250 e. The maximum atomic E-state index is 11.8. The average Bonchev–Trinajstić information content (AvgIpc) is 2.55. The van der Waals surface area contributed by atoms with Crippen LogP contribution in [0.1, 0.15) is 18.5 Å². The number of hydrogen-bond donors (Lipinski definition) is 1. The summed E-state index contributed by atoms with van der Waals surface area (Å²) in [5.74, 6) is 0. The van der Waals surface area contributed by atoms with Gasteiger partial charge in [-0.05, 0) is 18.1 Å². The van der Waals surface area contributed by atoms with E-state index >= 15 is 0 Å². The molecule has 3 aromatic rings. The minimum Gasteiger partial charge on any atom is -0.375 e. The molecule has 3 heteroatoms. The van der Waals surface area contributed by atoms with E-state index in [-0.39, 0.29) is 6.04 Å². The van der Waals surface area contributed by atoms with Crippen LogP contribution in [0.5, 0.6) is 0 Å². The van der Waals surface area contributed by atoms with E-state index in [2.05, 4.69) is 5.32 Å². The predicted octanol–water partition coefficient (Wildman–Crippen LogP) is 3.12. The van der Waals surface area contributed by atoms with Gasteiger partial charge in [-0.25, -0.2) is 0 Å². The van der Waals surface area contributed by atoms with Crippen LogP contribution < -0.4 is 16.2 Å². The molecule has 0 aliphatic rings. The zero-order chi connectivity index (χ0) is 14.8. The Hall–Kier alpha value is -2.68. The van der Waals surface area contributed by atoms with Crippen LogP contribution in [0.15, 0.2) is 70.3 Å². The lowest BCUT2D eigenvalue weighted by molar-refractivity contribution is 0.880. The minimum atomic E-state index is -0.434. The fourth-order valence-corrected chi connectivity index (χ4v) is 2.45. The second-order valence-electron chi connectivity index (χ2n) is 5.05. The largest absolute Gasteiger partial charge is 0.375 e. The standard InChI is InChI=1S/C18H15NO2/c1-12(13-8-4-2-5-9-13)19-16-15(17(20)18(16)21)14-10-6-3-7-11-14/h2-12,19H,1H3/t12-/m1/s1. The van der Waals surface area contributed by atoms with Crippen molar-refractivity contribution in [3.8, 4) is 11.1 Å². The molecule has 104 valence electrons. The minimum absolute atomic E-state index is 0.0306. The summed E-state index contributed by atoms with van der Waals surface area (Å²) in [4.78, 5) is 23.7. The molecular formula is C18H15NO2. The molecule has 0 spiro atoms. The van der Waals surface area contributed by atoms with Crippen LogP contribution in [-0.2, 0) is 0 Å². The van der Waals surface area contributed by atoms with Gasteiger partial charge < -0.3 is 5.32 Å².